The molecular formula is C19H21ClN2O3. The number of alkyl halides is 1. The highest BCUT2D eigenvalue weighted by Crippen LogP contribution is 2.19. The summed E-state index contributed by atoms with van der Waals surface area (Å²) in [5.74, 6) is 0.952. The van der Waals surface area contributed by atoms with Crippen molar-refractivity contribution in [3.8, 4) is 5.75 Å². The van der Waals surface area contributed by atoms with Crippen LogP contribution in [0.5, 0.6) is 5.75 Å². The Bertz CT molecular complexity index is 660. The van der Waals surface area contributed by atoms with Gasteiger partial charge in [-0.1, -0.05) is 31.0 Å². The van der Waals surface area contributed by atoms with Crippen molar-refractivity contribution in [2.45, 2.75) is 25.7 Å². The van der Waals surface area contributed by atoms with Gasteiger partial charge in [0.2, 0.25) is 0 Å². The number of hydrogen-bond acceptors (Lipinski definition) is 5. The van der Waals surface area contributed by atoms with Crippen LogP contribution in [0.15, 0.2) is 65.0 Å². The van der Waals surface area contributed by atoms with Crippen LogP contribution in [-0.2, 0) is 4.84 Å². The lowest BCUT2D eigenvalue weighted by atomic mass is 10.2. The highest BCUT2D eigenvalue weighted by molar-refractivity contribution is 6.17. The summed E-state index contributed by atoms with van der Waals surface area (Å²) >= 11 is 5.63. The van der Waals surface area contributed by atoms with Gasteiger partial charge in [-0.25, -0.2) is 4.79 Å². The molecule has 0 spiro atoms. The Labute approximate surface area is 152 Å². The summed E-state index contributed by atoms with van der Waals surface area (Å²) in [5.41, 5.74) is 1.01. The minimum absolute atomic E-state index is 0.427. The maximum absolute atomic E-state index is 11.7. The van der Waals surface area contributed by atoms with E-state index in [1.54, 1.807) is 36.4 Å². The van der Waals surface area contributed by atoms with E-state index in [4.69, 9.17) is 21.2 Å². The second kappa shape index (κ2) is 11.2. The van der Waals surface area contributed by atoms with Gasteiger partial charge in [0, 0.05) is 11.2 Å². The quantitative estimate of drug-likeness (QED) is 0.235. The molecule has 0 aliphatic heterocycles. The van der Waals surface area contributed by atoms with Crippen LogP contribution in [0.3, 0.4) is 0 Å². The second-order valence-corrected chi connectivity index (χ2v) is 5.75. The standard InChI is InChI=1S/C19H21ClN2O3/c20-14-6-1-2-7-15-24-18-12-10-17(11-13-18)21-22-25-19(23)16-8-4-3-5-9-16/h3-5,8-13H,1-2,6-7,14-15H2. The van der Waals surface area contributed by atoms with Gasteiger partial charge < -0.3 is 4.74 Å². The summed E-state index contributed by atoms with van der Waals surface area (Å²) < 4.78 is 5.65. The zero-order valence-electron chi connectivity index (χ0n) is 13.9. The molecule has 0 saturated heterocycles. The van der Waals surface area contributed by atoms with Gasteiger partial charge in [-0.2, -0.15) is 0 Å². The third kappa shape index (κ3) is 7.35. The van der Waals surface area contributed by atoms with Crippen LogP contribution in [0, 0.1) is 0 Å². The third-order valence-electron chi connectivity index (χ3n) is 3.42. The molecule has 5 nitrogen and oxygen atoms in total. The number of carbonyl (C=O) groups excluding carboxylic acids is 1. The van der Waals surface area contributed by atoms with E-state index < -0.39 is 5.97 Å². The van der Waals surface area contributed by atoms with Crippen LogP contribution in [0.25, 0.3) is 0 Å². The van der Waals surface area contributed by atoms with Gasteiger partial charge in [-0.05, 0) is 49.2 Å². The Balaban J connectivity index is 1.71. The molecule has 0 aliphatic carbocycles. The fourth-order valence-electron chi connectivity index (χ4n) is 2.08. The molecule has 0 heterocycles. The van der Waals surface area contributed by atoms with Crippen molar-refractivity contribution >= 4 is 23.3 Å². The average Bonchev–Trinajstić information content (AvgIpc) is 2.66. The predicted octanol–water partition coefficient (Wildman–Crippen LogP) is 5.72. The largest absolute Gasteiger partial charge is 0.494 e. The molecule has 0 N–H and O–H groups in total. The van der Waals surface area contributed by atoms with Crippen molar-refractivity contribution in [2.24, 2.45) is 10.4 Å². The molecule has 0 aliphatic rings. The van der Waals surface area contributed by atoms with Crippen LogP contribution in [0.2, 0.25) is 0 Å². The summed E-state index contributed by atoms with van der Waals surface area (Å²) in [6.07, 6.45) is 4.31. The molecule has 0 saturated carbocycles. The van der Waals surface area contributed by atoms with E-state index >= 15 is 0 Å². The molecule has 0 bridgehead atoms. The number of rotatable bonds is 10. The molecule has 0 amide bonds. The molecule has 6 heteroatoms. The minimum Gasteiger partial charge on any atom is -0.494 e. The molecular weight excluding hydrogens is 340 g/mol. The average molecular weight is 361 g/mol. The van der Waals surface area contributed by atoms with Crippen LogP contribution < -0.4 is 4.74 Å². The van der Waals surface area contributed by atoms with Crippen molar-refractivity contribution < 1.29 is 14.4 Å². The fraction of sp³-hybridized carbons (Fsp3) is 0.316. The summed E-state index contributed by atoms with van der Waals surface area (Å²) in [6.45, 7) is 0.678. The molecule has 0 fully saturated rings. The number of nitrogens with zero attached hydrogens (tertiary/aromatic N) is 2. The summed E-state index contributed by atoms with van der Waals surface area (Å²) in [4.78, 5) is 16.5. The van der Waals surface area contributed by atoms with Crippen LogP contribution in [0.1, 0.15) is 36.0 Å². The number of carbonyl (C=O) groups is 1. The first-order chi connectivity index (χ1) is 12.3. The van der Waals surface area contributed by atoms with Gasteiger partial charge in [0.05, 0.1) is 17.9 Å². The molecule has 2 aromatic rings. The van der Waals surface area contributed by atoms with Crippen LogP contribution in [0.4, 0.5) is 5.69 Å². The van der Waals surface area contributed by atoms with Crippen molar-refractivity contribution in [3.63, 3.8) is 0 Å². The first-order valence-electron chi connectivity index (χ1n) is 8.26. The lowest BCUT2D eigenvalue weighted by molar-refractivity contribution is 0.0483. The summed E-state index contributed by atoms with van der Waals surface area (Å²) in [5, 5.41) is 7.33. The Kier molecular flexibility index (Phi) is 8.49. The van der Waals surface area contributed by atoms with Crippen LogP contribution in [-0.4, -0.2) is 18.5 Å². The Morgan fingerprint density at radius 3 is 2.36 bits per heavy atom. The van der Waals surface area contributed by atoms with Crippen molar-refractivity contribution in [1.82, 2.24) is 0 Å². The fourth-order valence-corrected chi connectivity index (χ4v) is 2.27. The molecule has 2 aromatic carbocycles. The molecule has 132 valence electrons. The van der Waals surface area contributed by atoms with E-state index in [2.05, 4.69) is 10.4 Å². The molecule has 0 atom stereocenters. The SMILES string of the molecule is O=C(ON=Nc1ccc(OCCCCCCCl)cc1)c1ccccc1. The maximum atomic E-state index is 11.7. The van der Waals surface area contributed by atoms with E-state index in [0.717, 1.165) is 37.3 Å². The molecule has 0 aromatic heterocycles. The molecule has 2 rings (SSSR count). The number of halogens is 1. The highest BCUT2D eigenvalue weighted by atomic mass is 35.5. The van der Waals surface area contributed by atoms with E-state index in [0.29, 0.717) is 17.9 Å². The first kappa shape index (κ1) is 18.9. The minimum atomic E-state index is -0.543. The normalized spacial score (nSPS) is 10.8. The van der Waals surface area contributed by atoms with E-state index in [1.165, 1.54) is 0 Å². The zero-order chi connectivity index (χ0) is 17.7. The summed E-state index contributed by atoms with van der Waals surface area (Å²) in [7, 11) is 0. The van der Waals surface area contributed by atoms with Gasteiger partial charge in [0.25, 0.3) is 0 Å². The number of unbranched alkanes of at least 4 members (excludes halogenated alkanes) is 3. The highest BCUT2D eigenvalue weighted by Gasteiger charge is 2.05. The van der Waals surface area contributed by atoms with Gasteiger partial charge in [0.15, 0.2) is 0 Å². The van der Waals surface area contributed by atoms with Gasteiger partial charge in [-0.3, -0.25) is 4.84 Å². The number of ether oxygens (including phenoxy) is 1. The maximum Gasteiger partial charge on any atom is 0.367 e. The van der Waals surface area contributed by atoms with Crippen LogP contribution >= 0.6 is 11.6 Å². The first-order valence-corrected chi connectivity index (χ1v) is 8.79. The number of hydrogen-bond donors (Lipinski definition) is 0. The Hall–Kier alpha value is -2.40. The molecule has 0 unspecified atom stereocenters. The van der Waals surface area contributed by atoms with Gasteiger partial charge in [0.1, 0.15) is 5.75 Å². The number of benzene rings is 2. The molecule has 0 radical (unpaired) electrons. The summed E-state index contributed by atoms with van der Waals surface area (Å²) in [6, 6.07) is 15.8. The predicted molar refractivity (Wildman–Crippen MR) is 97.5 cm³/mol. The smallest absolute Gasteiger partial charge is 0.367 e. The van der Waals surface area contributed by atoms with E-state index in [1.807, 2.05) is 18.2 Å². The van der Waals surface area contributed by atoms with Crippen molar-refractivity contribution in [2.75, 3.05) is 12.5 Å². The monoisotopic (exact) mass is 360 g/mol. The lowest BCUT2D eigenvalue weighted by Crippen LogP contribution is -1.99. The second-order valence-electron chi connectivity index (χ2n) is 5.37. The van der Waals surface area contributed by atoms with Gasteiger partial charge >= 0.3 is 5.97 Å². The van der Waals surface area contributed by atoms with Gasteiger partial charge in [-0.15, -0.1) is 16.7 Å². The third-order valence-corrected chi connectivity index (χ3v) is 3.69. The topological polar surface area (TPSA) is 60.2 Å². The Morgan fingerprint density at radius 1 is 0.920 bits per heavy atom. The van der Waals surface area contributed by atoms with Crippen molar-refractivity contribution in [1.29, 1.82) is 0 Å². The Morgan fingerprint density at radius 2 is 1.64 bits per heavy atom. The van der Waals surface area contributed by atoms with E-state index in [-0.39, 0.29) is 0 Å². The zero-order valence-corrected chi connectivity index (χ0v) is 14.7. The molecule has 25 heavy (non-hydrogen) atoms. The van der Waals surface area contributed by atoms with E-state index in [9.17, 15) is 4.79 Å². The van der Waals surface area contributed by atoms with Crippen molar-refractivity contribution in [3.05, 3.63) is 60.2 Å². The lowest BCUT2D eigenvalue weighted by Gasteiger charge is -2.05.